The van der Waals surface area contributed by atoms with Gasteiger partial charge in [0.25, 0.3) is 0 Å². The molecular weight excluding hydrogens is 192 g/mol. The Bertz CT molecular complexity index is 281. The van der Waals surface area contributed by atoms with E-state index in [1.165, 1.54) is 0 Å². The minimum absolute atomic E-state index is 0.0168. The first-order chi connectivity index (χ1) is 7.06. The molecule has 3 nitrogen and oxygen atoms in total. The largest absolute Gasteiger partial charge is 0.465 e. The summed E-state index contributed by atoms with van der Waals surface area (Å²) >= 11 is 0. The third kappa shape index (κ3) is 2.91. The van der Waals surface area contributed by atoms with Gasteiger partial charge in [0.2, 0.25) is 0 Å². The van der Waals surface area contributed by atoms with Crippen LogP contribution in [0.25, 0.3) is 0 Å². The maximum atomic E-state index is 11.8. The average molecular weight is 210 g/mol. The molecule has 0 unspecified atom stereocenters. The van der Waals surface area contributed by atoms with Crippen LogP contribution in [0, 0.1) is 11.8 Å². The SMILES string of the molecule is C=C(C)C[C@@H]1CC[C@@H](C(=O)OCC)C1=O. The van der Waals surface area contributed by atoms with E-state index in [4.69, 9.17) is 4.74 Å². The highest BCUT2D eigenvalue weighted by Crippen LogP contribution is 2.32. The summed E-state index contributed by atoms with van der Waals surface area (Å²) in [6.45, 7) is 7.79. The summed E-state index contributed by atoms with van der Waals surface area (Å²) in [7, 11) is 0. The smallest absolute Gasteiger partial charge is 0.316 e. The van der Waals surface area contributed by atoms with E-state index in [0.717, 1.165) is 12.0 Å². The maximum absolute atomic E-state index is 11.8. The minimum Gasteiger partial charge on any atom is -0.465 e. The van der Waals surface area contributed by atoms with Gasteiger partial charge in [-0.1, -0.05) is 5.57 Å². The molecule has 0 aromatic carbocycles. The predicted octanol–water partition coefficient (Wildman–Crippen LogP) is 2.11. The number of allylic oxidation sites excluding steroid dienone is 1. The Kier molecular flexibility index (Phi) is 4.06. The van der Waals surface area contributed by atoms with Crippen LogP contribution in [0.5, 0.6) is 0 Å². The first-order valence-corrected chi connectivity index (χ1v) is 5.41. The van der Waals surface area contributed by atoms with Crippen molar-refractivity contribution in [3.63, 3.8) is 0 Å². The topological polar surface area (TPSA) is 43.4 Å². The van der Waals surface area contributed by atoms with Crippen molar-refractivity contribution in [1.29, 1.82) is 0 Å². The molecule has 1 saturated carbocycles. The predicted molar refractivity (Wildman–Crippen MR) is 57.3 cm³/mol. The van der Waals surface area contributed by atoms with E-state index in [0.29, 0.717) is 19.4 Å². The van der Waals surface area contributed by atoms with Gasteiger partial charge in [-0.25, -0.2) is 0 Å². The third-order valence-corrected chi connectivity index (χ3v) is 2.72. The van der Waals surface area contributed by atoms with Crippen LogP contribution in [0.4, 0.5) is 0 Å². The van der Waals surface area contributed by atoms with Gasteiger partial charge in [-0.3, -0.25) is 9.59 Å². The number of hydrogen-bond donors (Lipinski definition) is 0. The Morgan fingerprint density at radius 2 is 2.20 bits per heavy atom. The fraction of sp³-hybridized carbons (Fsp3) is 0.667. The van der Waals surface area contributed by atoms with Gasteiger partial charge in [-0.15, -0.1) is 6.58 Å². The molecule has 1 aliphatic carbocycles. The first-order valence-electron chi connectivity index (χ1n) is 5.41. The van der Waals surface area contributed by atoms with Crippen molar-refractivity contribution in [1.82, 2.24) is 0 Å². The van der Waals surface area contributed by atoms with Crippen LogP contribution in [0.1, 0.15) is 33.1 Å². The number of esters is 1. The molecule has 0 amide bonds. The normalized spacial score (nSPS) is 25.3. The molecule has 84 valence electrons. The molecule has 15 heavy (non-hydrogen) atoms. The second-order valence-electron chi connectivity index (χ2n) is 4.14. The van der Waals surface area contributed by atoms with Crippen LogP contribution in [-0.4, -0.2) is 18.4 Å². The van der Waals surface area contributed by atoms with Gasteiger partial charge in [-0.05, 0) is 33.1 Å². The molecule has 0 N–H and O–H groups in total. The van der Waals surface area contributed by atoms with Gasteiger partial charge in [0, 0.05) is 5.92 Å². The zero-order valence-electron chi connectivity index (χ0n) is 9.41. The summed E-state index contributed by atoms with van der Waals surface area (Å²) in [5.74, 6) is -0.852. The number of Topliss-reactive ketones (excluding diaryl/α,β-unsaturated/α-hetero) is 1. The number of carbonyl (C=O) groups excluding carboxylic acids is 2. The van der Waals surface area contributed by atoms with Crippen LogP contribution < -0.4 is 0 Å². The zero-order chi connectivity index (χ0) is 11.4. The molecule has 0 radical (unpaired) electrons. The van der Waals surface area contributed by atoms with Crippen molar-refractivity contribution in [2.24, 2.45) is 11.8 Å². The van der Waals surface area contributed by atoms with Crippen molar-refractivity contribution in [3.05, 3.63) is 12.2 Å². The Balaban J connectivity index is 2.56. The highest BCUT2D eigenvalue weighted by atomic mass is 16.5. The number of rotatable bonds is 4. The van der Waals surface area contributed by atoms with Crippen molar-refractivity contribution >= 4 is 11.8 Å². The summed E-state index contributed by atoms with van der Waals surface area (Å²) in [5, 5.41) is 0. The second-order valence-corrected chi connectivity index (χ2v) is 4.14. The van der Waals surface area contributed by atoms with Crippen molar-refractivity contribution in [3.8, 4) is 0 Å². The Labute approximate surface area is 90.5 Å². The quantitative estimate of drug-likeness (QED) is 0.405. The number of ketones is 1. The van der Waals surface area contributed by atoms with Crippen molar-refractivity contribution in [2.45, 2.75) is 33.1 Å². The van der Waals surface area contributed by atoms with Gasteiger partial charge >= 0.3 is 5.97 Å². The van der Waals surface area contributed by atoms with E-state index in [2.05, 4.69) is 6.58 Å². The van der Waals surface area contributed by atoms with Crippen LogP contribution >= 0.6 is 0 Å². The van der Waals surface area contributed by atoms with E-state index in [9.17, 15) is 9.59 Å². The molecule has 0 heterocycles. The molecule has 1 rings (SSSR count). The lowest BCUT2D eigenvalue weighted by Crippen LogP contribution is -2.24. The summed E-state index contributed by atoms with van der Waals surface area (Å²) in [5.41, 5.74) is 0.998. The lowest BCUT2D eigenvalue weighted by atomic mass is 9.97. The Hall–Kier alpha value is -1.12. The van der Waals surface area contributed by atoms with E-state index in [1.807, 2.05) is 6.92 Å². The molecule has 3 heteroatoms. The van der Waals surface area contributed by atoms with Crippen LogP contribution in [0.2, 0.25) is 0 Å². The lowest BCUT2D eigenvalue weighted by Gasteiger charge is -2.09. The molecule has 1 fully saturated rings. The van der Waals surface area contributed by atoms with E-state index >= 15 is 0 Å². The average Bonchev–Trinajstić information content (AvgIpc) is 2.48. The molecule has 0 spiro atoms. The Morgan fingerprint density at radius 1 is 1.53 bits per heavy atom. The molecule has 0 aromatic rings. The van der Waals surface area contributed by atoms with Gasteiger partial charge < -0.3 is 4.74 Å². The lowest BCUT2D eigenvalue weighted by molar-refractivity contribution is -0.150. The van der Waals surface area contributed by atoms with E-state index in [1.54, 1.807) is 6.92 Å². The third-order valence-electron chi connectivity index (χ3n) is 2.72. The van der Waals surface area contributed by atoms with Crippen LogP contribution in [0.3, 0.4) is 0 Å². The van der Waals surface area contributed by atoms with Gasteiger partial charge in [0.05, 0.1) is 6.61 Å². The van der Waals surface area contributed by atoms with Gasteiger partial charge in [-0.2, -0.15) is 0 Å². The highest BCUT2D eigenvalue weighted by molar-refractivity contribution is 6.01. The van der Waals surface area contributed by atoms with Crippen LogP contribution in [-0.2, 0) is 14.3 Å². The molecule has 0 aliphatic heterocycles. The van der Waals surface area contributed by atoms with E-state index < -0.39 is 5.92 Å². The monoisotopic (exact) mass is 210 g/mol. The first kappa shape index (κ1) is 12.0. The van der Waals surface area contributed by atoms with Crippen molar-refractivity contribution in [2.75, 3.05) is 6.61 Å². The highest BCUT2D eigenvalue weighted by Gasteiger charge is 2.39. The summed E-state index contributed by atoms with van der Waals surface area (Å²) < 4.78 is 4.87. The maximum Gasteiger partial charge on any atom is 0.316 e. The second kappa shape index (κ2) is 5.10. The summed E-state index contributed by atoms with van der Waals surface area (Å²) in [6, 6.07) is 0. The fourth-order valence-electron chi connectivity index (χ4n) is 2.04. The summed E-state index contributed by atoms with van der Waals surface area (Å²) in [6.07, 6.45) is 2.12. The molecule has 2 atom stereocenters. The molecule has 1 aliphatic rings. The van der Waals surface area contributed by atoms with Crippen molar-refractivity contribution < 1.29 is 14.3 Å². The van der Waals surface area contributed by atoms with Crippen LogP contribution in [0.15, 0.2) is 12.2 Å². The molecule has 0 aromatic heterocycles. The standard InChI is InChI=1S/C12H18O3/c1-4-15-12(14)10-6-5-9(11(10)13)7-8(2)3/h9-10H,2,4-7H2,1,3H3/t9-,10+/m0/s1. The number of hydrogen-bond acceptors (Lipinski definition) is 3. The fourth-order valence-corrected chi connectivity index (χ4v) is 2.04. The molecular formula is C12H18O3. The number of carbonyl (C=O) groups is 2. The number of ether oxygens (including phenoxy) is 1. The zero-order valence-corrected chi connectivity index (χ0v) is 9.41. The van der Waals surface area contributed by atoms with Gasteiger partial charge in [0.15, 0.2) is 0 Å². The van der Waals surface area contributed by atoms with Gasteiger partial charge in [0.1, 0.15) is 11.7 Å². The minimum atomic E-state index is -0.519. The van der Waals surface area contributed by atoms with E-state index in [-0.39, 0.29) is 17.7 Å². The molecule has 0 bridgehead atoms. The summed E-state index contributed by atoms with van der Waals surface area (Å²) in [4.78, 5) is 23.2. The Morgan fingerprint density at radius 3 is 2.73 bits per heavy atom. The molecule has 0 saturated heterocycles.